The summed E-state index contributed by atoms with van der Waals surface area (Å²) in [4.78, 5) is 14.2. The number of carbonyl (C=O) groups is 1. The largest absolute Gasteiger partial charge is 0.337 e. The van der Waals surface area contributed by atoms with Gasteiger partial charge >= 0.3 is 0 Å². The van der Waals surface area contributed by atoms with E-state index in [4.69, 9.17) is 5.14 Å². The fourth-order valence-electron chi connectivity index (χ4n) is 3.14. The predicted molar refractivity (Wildman–Crippen MR) is 95.4 cm³/mol. The summed E-state index contributed by atoms with van der Waals surface area (Å²) < 4.78 is 22.4. The van der Waals surface area contributed by atoms with Crippen LogP contribution >= 0.6 is 0 Å². The zero-order valence-corrected chi connectivity index (χ0v) is 14.9. The van der Waals surface area contributed by atoms with Crippen molar-refractivity contribution in [1.29, 1.82) is 0 Å². The molecule has 0 spiro atoms. The summed E-state index contributed by atoms with van der Waals surface area (Å²) in [5.74, 6) is -0.363. The Bertz CT molecular complexity index is 858. The second kappa shape index (κ2) is 6.97. The smallest absolute Gasteiger partial charge is 0.271 e. The first-order valence-electron chi connectivity index (χ1n) is 8.30. The van der Waals surface area contributed by atoms with E-state index in [1.807, 2.05) is 24.3 Å². The highest BCUT2D eigenvalue weighted by Crippen LogP contribution is 2.22. The van der Waals surface area contributed by atoms with Gasteiger partial charge in [0.1, 0.15) is 5.69 Å². The number of hydrogen-bond acceptors (Lipinski definition) is 4. The first kappa shape index (κ1) is 17.6. The van der Waals surface area contributed by atoms with Gasteiger partial charge in [0.25, 0.3) is 5.91 Å². The molecular formula is C17H22N4O3S. The first-order chi connectivity index (χ1) is 11.9. The monoisotopic (exact) mass is 362 g/mol. The van der Waals surface area contributed by atoms with Crippen LogP contribution in [0.3, 0.4) is 0 Å². The van der Waals surface area contributed by atoms with Crippen LogP contribution in [0.1, 0.15) is 29.4 Å². The average molecular weight is 362 g/mol. The molecule has 1 aliphatic heterocycles. The number of amides is 1. The summed E-state index contributed by atoms with van der Waals surface area (Å²) in [6, 6.07) is 9.80. The first-order valence-corrected chi connectivity index (χ1v) is 10.0. The Labute approximate surface area is 147 Å². The van der Waals surface area contributed by atoms with Crippen LogP contribution in [0, 0.1) is 5.92 Å². The number of likely N-dealkylation sites (tertiary alicyclic amines) is 1. The lowest BCUT2D eigenvalue weighted by molar-refractivity contribution is 0.0782. The molecule has 25 heavy (non-hydrogen) atoms. The number of aryl methyl sites for hydroxylation is 1. The van der Waals surface area contributed by atoms with Crippen molar-refractivity contribution in [2.45, 2.75) is 19.8 Å². The number of primary sulfonamides is 1. The van der Waals surface area contributed by atoms with Crippen molar-refractivity contribution in [3.05, 3.63) is 41.6 Å². The molecule has 1 atom stereocenters. The maximum absolute atomic E-state index is 12.6. The van der Waals surface area contributed by atoms with Crippen molar-refractivity contribution in [1.82, 2.24) is 15.1 Å². The number of carbonyl (C=O) groups excluding carboxylic acids is 1. The van der Waals surface area contributed by atoms with Gasteiger partial charge < -0.3 is 4.90 Å². The van der Waals surface area contributed by atoms with Crippen molar-refractivity contribution >= 4 is 15.9 Å². The molecular weight excluding hydrogens is 340 g/mol. The Morgan fingerprint density at radius 3 is 2.72 bits per heavy atom. The van der Waals surface area contributed by atoms with Crippen LogP contribution in [0.15, 0.2) is 30.3 Å². The van der Waals surface area contributed by atoms with Gasteiger partial charge in [-0.05, 0) is 30.4 Å². The molecule has 0 unspecified atom stereocenters. The van der Waals surface area contributed by atoms with Gasteiger partial charge in [0.2, 0.25) is 10.0 Å². The fraction of sp³-hybridized carbons (Fsp3) is 0.412. The molecule has 1 aromatic heterocycles. The van der Waals surface area contributed by atoms with E-state index in [1.54, 1.807) is 11.0 Å². The predicted octanol–water partition coefficient (Wildman–Crippen LogP) is 1.39. The van der Waals surface area contributed by atoms with Gasteiger partial charge in [0, 0.05) is 18.7 Å². The maximum atomic E-state index is 12.6. The Morgan fingerprint density at radius 1 is 1.36 bits per heavy atom. The SMILES string of the molecule is CCc1ccc(-c2cc(C(=O)N3CC[C@H](CS(N)(=O)=O)C3)[nH]n2)cc1. The molecule has 0 bridgehead atoms. The summed E-state index contributed by atoms with van der Waals surface area (Å²) in [5, 5.41) is 12.1. The maximum Gasteiger partial charge on any atom is 0.271 e. The lowest BCUT2D eigenvalue weighted by Crippen LogP contribution is -2.31. The number of hydrogen-bond donors (Lipinski definition) is 2. The van der Waals surface area contributed by atoms with E-state index in [0.29, 0.717) is 30.9 Å². The highest BCUT2D eigenvalue weighted by atomic mass is 32.2. The summed E-state index contributed by atoms with van der Waals surface area (Å²) >= 11 is 0. The fourth-order valence-corrected chi connectivity index (χ4v) is 4.07. The topological polar surface area (TPSA) is 109 Å². The molecule has 0 saturated carbocycles. The van der Waals surface area contributed by atoms with Gasteiger partial charge in [-0.15, -0.1) is 0 Å². The highest BCUT2D eigenvalue weighted by molar-refractivity contribution is 7.89. The third kappa shape index (κ3) is 4.26. The number of rotatable bonds is 5. The van der Waals surface area contributed by atoms with Crippen LogP contribution in [0.2, 0.25) is 0 Å². The normalized spacial score (nSPS) is 17.8. The number of H-pyrrole nitrogens is 1. The third-order valence-corrected chi connectivity index (χ3v) is 5.44. The van der Waals surface area contributed by atoms with Crippen molar-refractivity contribution in [2.24, 2.45) is 11.1 Å². The summed E-state index contributed by atoms with van der Waals surface area (Å²) in [5.41, 5.74) is 3.31. The number of aromatic amines is 1. The molecule has 3 rings (SSSR count). The lowest BCUT2D eigenvalue weighted by atomic mass is 10.1. The minimum absolute atomic E-state index is 0.0885. The number of nitrogens with one attached hydrogen (secondary N) is 1. The molecule has 2 heterocycles. The average Bonchev–Trinajstić information content (AvgIpc) is 3.22. The zero-order valence-electron chi connectivity index (χ0n) is 14.1. The number of nitrogens with zero attached hydrogens (tertiary/aromatic N) is 2. The van der Waals surface area contributed by atoms with Crippen molar-refractivity contribution in [2.75, 3.05) is 18.8 Å². The third-order valence-electron chi connectivity index (χ3n) is 4.51. The molecule has 1 aliphatic rings. The molecule has 1 amide bonds. The standard InChI is InChI=1S/C17H22N4O3S/c1-2-12-3-5-14(6-4-12)15-9-16(20-19-15)17(22)21-8-7-13(10-21)11-25(18,23)24/h3-6,9,13H,2,7-8,10-11H2,1H3,(H,19,20)(H2,18,23,24)/t13-/m0/s1. The van der Waals surface area contributed by atoms with Crippen LogP contribution in [0.5, 0.6) is 0 Å². The molecule has 2 aromatic rings. The van der Waals surface area contributed by atoms with Gasteiger partial charge in [-0.25, -0.2) is 13.6 Å². The lowest BCUT2D eigenvalue weighted by Gasteiger charge is -2.15. The number of sulfonamides is 1. The molecule has 1 aromatic carbocycles. The Kier molecular flexibility index (Phi) is 4.91. The molecule has 8 heteroatoms. The van der Waals surface area contributed by atoms with E-state index < -0.39 is 10.0 Å². The van der Waals surface area contributed by atoms with Crippen LogP contribution < -0.4 is 5.14 Å². The number of aromatic nitrogens is 2. The molecule has 0 aliphatic carbocycles. The van der Waals surface area contributed by atoms with Crippen molar-refractivity contribution in [3.8, 4) is 11.3 Å². The Balaban J connectivity index is 1.68. The highest BCUT2D eigenvalue weighted by Gasteiger charge is 2.30. The van der Waals surface area contributed by atoms with E-state index in [9.17, 15) is 13.2 Å². The van der Waals surface area contributed by atoms with E-state index in [1.165, 1.54) is 5.56 Å². The van der Waals surface area contributed by atoms with Gasteiger partial charge in [0.05, 0.1) is 11.4 Å². The molecule has 7 nitrogen and oxygen atoms in total. The van der Waals surface area contributed by atoms with Gasteiger partial charge in [-0.3, -0.25) is 9.89 Å². The summed E-state index contributed by atoms with van der Waals surface area (Å²) in [6.07, 6.45) is 1.61. The van der Waals surface area contributed by atoms with Crippen molar-refractivity contribution < 1.29 is 13.2 Å². The van der Waals surface area contributed by atoms with Crippen molar-refractivity contribution in [3.63, 3.8) is 0 Å². The number of nitrogens with two attached hydrogens (primary N) is 1. The molecule has 3 N–H and O–H groups in total. The minimum Gasteiger partial charge on any atom is -0.337 e. The van der Waals surface area contributed by atoms with Gasteiger partial charge in [-0.1, -0.05) is 31.2 Å². The minimum atomic E-state index is -3.52. The van der Waals surface area contributed by atoms with Crippen LogP contribution in [0.4, 0.5) is 0 Å². The summed E-state index contributed by atoms with van der Waals surface area (Å²) in [6.45, 7) is 3.02. The Morgan fingerprint density at radius 2 is 2.08 bits per heavy atom. The molecule has 1 saturated heterocycles. The molecule has 0 radical (unpaired) electrons. The van der Waals surface area contributed by atoms with E-state index in [0.717, 1.165) is 12.0 Å². The second-order valence-electron chi connectivity index (χ2n) is 6.45. The van der Waals surface area contributed by atoms with Gasteiger partial charge in [-0.2, -0.15) is 5.10 Å². The zero-order chi connectivity index (χ0) is 18.0. The second-order valence-corrected chi connectivity index (χ2v) is 8.11. The van der Waals surface area contributed by atoms with E-state index in [-0.39, 0.29) is 17.6 Å². The van der Waals surface area contributed by atoms with E-state index in [2.05, 4.69) is 17.1 Å². The quantitative estimate of drug-likeness (QED) is 0.837. The van der Waals surface area contributed by atoms with E-state index >= 15 is 0 Å². The van der Waals surface area contributed by atoms with Crippen LogP contribution in [-0.4, -0.2) is 48.3 Å². The van der Waals surface area contributed by atoms with Crippen LogP contribution in [0.25, 0.3) is 11.3 Å². The number of benzene rings is 1. The van der Waals surface area contributed by atoms with Gasteiger partial charge in [0.15, 0.2) is 0 Å². The van der Waals surface area contributed by atoms with Crippen LogP contribution in [-0.2, 0) is 16.4 Å². The molecule has 1 fully saturated rings. The summed E-state index contributed by atoms with van der Waals surface area (Å²) in [7, 11) is -3.52. The Hall–Kier alpha value is -2.19. The molecule has 134 valence electrons.